The topological polar surface area (TPSA) is 30.2 Å². The molecule has 0 saturated heterocycles. The van der Waals surface area contributed by atoms with Gasteiger partial charge in [-0.05, 0) is 55.5 Å². The summed E-state index contributed by atoms with van der Waals surface area (Å²) in [6, 6.07) is 17.2. The van der Waals surface area contributed by atoms with Gasteiger partial charge in [0, 0.05) is 35.3 Å². The fourth-order valence-electron chi connectivity index (χ4n) is 3.50. The summed E-state index contributed by atoms with van der Waals surface area (Å²) in [7, 11) is 0. The van der Waals surface area contributed by atoms with Crippen LogP contribution in [0, 0.1) is 6.92 Å². The van der Waals surface area contributed by atoms with E-state index in [4.69, 9.17) is 4.98 Å². The minimum Gasteiger partial charge on any atom is -0.306 e. The molecule has 0 radical (unpaired) electrons. The number of rotatable bonds is 3. The smallest absolute Gasteiger partial charge is 0.136 e. The summed E-state index contributed by atoms with van der Waals surface area (Å²) in [6.45, 7) is 2.02. The third-order valence-corrected chi connectivity index (χ3v) is 4.90. The van der Waals surface area contributed by atoms with Gasteiger partial charge in [-0.1, -0.05) is 24.3 Å². The molecule has 122 valence electrons. The normalized spacial score (nSPS) is 14.1. The first-order valence-corrected chi connectivity index (χ1v) is 8.79. The minimum absolute atomic E-state index is 0.748. The lowest BCUT2D eigenvalue weighted by Gasteiger charge is -2.10. The average Bonchev–Trinajstić information content (AvgIpc) is 3.43. The van der Waals surface area contributed by atoms with E-state index in [-0.39, 0.29) is 0 Å². The lowest BCUT2D eigenvalue weighted by molar-refractivity contribution is 1.13. The molecule has 0 spiro atoms. The van der Waals surface area contributed by atoms with Crippen LogP contribution in [0.15, 0.2) is 67.1 Å². The predicted octanol–water partition coefficient (Wildman–Crippen LogP) is 5.25. The van der Waals surface area contributed by atoms with Crippen LogP contribution >= 0.6 is 0 Å². The van der Waals surface area contributed by atoms with Crippen LogP contribution < -0.4 is 0 Å². The summed E-state index contributed by atoms with van der Waals surface area (Å²) in [5.41, 5.74) is 7.99. The molecule has 1 fully saturated rings. The first kappa shape index (κ1) is 14.4. The van der Waals surface area contributed by atoms with Crippen molar-refractivity contribution < 1.29 is 0 Å². The van der Waals surface area contributed by atoms with Gasteiger partial charge in [-0.3, -0.25) is 4.98 Å². The summed E-state index contributed by atoms with van der Waals surface area (Å²) in [5.74, 6) is 0.748. The van der Waals surface area contributed by atoms with Crippen molar-refractivity contribution >= 4 is 5.65 Å². The number of aromatic nitrogens is 3. The molecule has 1 aliphatic carbocycles. The molecule has 3 heteroatoms. The fourth-order valence-corrected chi connectivity index (χ4v) is 3.50. The maximum atomic E-state index is 4.71. The second-order valence-electron chi connectivity index (χ2n) is 6.86. The molecule has 0 N–H and O–H groups in total. The second-order valence-corrected chi connectivity index (χ2v) is 6.86. The van der Waals surface area contributed by atoms with Crippen LogP contribution in [-0.2, 0) is 0 Å². The van der Waals surface area contributed by atoms with E-state index in [9.17, 15) is 0 Å². The quantitative estimate of drug-likeness (QED) is 0.515. The van der Waals surface area contributed by atoms with E-state index in [0.29, 0.717) is 0 Å². The molecule has 3 aromatic heterocycles. The molecule has 0 aliphatic heterocycles. The van der Waals surface area contributed by atoms with E-state index in [1.165, 1.54) is 24.0 Å². The zero-order chi connectivity index (χ0) is 16.8. The highest BCUT2D eigenvalue weighted by Crippen LogP contribution is 2.41. The van der Waals surface area contributed by atoms with Crippen molar-refractivity contribution in [3.63, 3.8) is 0 Å². The summed E-state index contributed by atoms with van der Waals surface area (Å²) in [4.78, 5) is 9.22. The summed E-state index contributed by atoms with van der Waals surface area (Å²) < 4.78 is 2.09. The Bertz CT molecular complexity index is 1070. The highest BCUT2D eigenvalue weighted by atomic mass is 15.0. The SMILES string of the molecule is Cc1cn2cc(-c3cccnc3-c3cccc(C4CC4)c3)ccc2n1. The van der Waals surface area contributed by atoms with Gasteiger partial charge >= 0.3 is 0 Å². The van der Waals surface area contributed by atoms with E-state index in [1.807, 2.05) is 19.2 Å². The number of aryl methyl sites for hydroxylation is 1. The maximum Gasteiger partial charge on any atom is 0.136 e. The van der Waals surface area contributed by atoms with Crippen LogP contribution in [0.25, 0.3) is 28.0 Å². The van der Waals surface area contributed by atoms with Gasteiger partial charge in [-0.2, -0.15) is 0 Å². The zero-order valence-corrected chi connectivity index (χ0v) is 14.2. The molecule has 0 atom stereocenters. The van der Waals surface area contributed by atoms with Crippen molar-refractivity contribution in [2.75, 3.05) is 0 Å². The average molecular weight is 325 g/mol. The molecule has 5 rings (SSSR count). The van der Waals surface area contributed by atoms with Crippen molar-refractivity contribution in [2.45, 2.75) is 25.7 Å². The van der Waals surface area contributed by atoms with Crippen LogP contribution in [0.2, 0.25) is 0 Å². The van der Waals surface area contributed by atoms with E-state index in [2.05, 4.69) is 64.2 Å². The van der Waals surface area contributed by atoms with Crippen LogP contribution in [-0.4, -0.2) is 14.4 Å². The molecule has 1 aliphatic rings. The second kappa shape index (κ2) is 5.55. The third-order valence-electron chi connectivity index (χ3n) is 4.90. The van der Waals surface area contributed by atoms with Gasteiger partial charge in [0.2, 0.25) is 0 Å². The van der Waals surface area contributed by atoms with Crippen LogP contribution in [0.4, 0.5) is 0 Å². The van der Waals surface area contributed by atoms with Gasteiger partial charge in [-0.15, -0.1) is 0 Å². The van der Waals surface area contributed by atoms with Crippen LogP contribution in [0.1, 0.15) is 30.0 Å². The van der Waals surface area contributed by atoms with E-state index in [1.54, 1.807) is 0 Å². The van der Waals surface area contributed by atoms with Crippen LogP contribution in [0.5, 0.6) is 0 Å². The van der Waals surface area contributed by atoms with Crippen molar-refractivity contribution in [3.8, 4) is 22.4 Å². The molecule has 0 amide bonds. The highest BCUT2D eigenvalue weighted by molar-refractivity contribution is 5.81. The molecule has 3 nitrogen and oxygen atoms in total. The molecular weight excluding hydrogens is 306 g/mol. The van der Waals surface area contributed by atoms with E-state index < -0.39 is 0 Å². The van der Waals surface area contributed by atoms with Crippen molar-refractivity contribution in [2.24, 2.45) is 0 Å². The number of imidazole rings is 1. The Hall–Kier alpha value is -2.94. The Kier molecular flexibility index (Phi) is 3.20. The van der Waals surface area contributed by atoms with Gasteiger partial charge < -0.3 is 4.40 Å². The van der Waals surface area contributed by atoms with Crippen molar-refractivity contribution in [1.29, 1.82) is 0 Å². The summed E-state index contributed by atoms with van der Waals surface area (Å²) in [5, 5.41) is 0. The highest BCUT2D eigenvalue weighted by Gasteiger charge is 2.23. The van der Waals surface area contributed by atoms with Gasteiger partial charge in [-0.25, -0.2) is 4.98 Å². The number of benzene rings is 1. The maximum absolute atomic E-state index is 4.71. The fraction of sp³-hybridized carbons (Fsp3) is 0.182. The Balaban J connectivity index is 1.65. The first-order chi connectivity index (χ1) is 12.3. The molecule has 0 unspecified atom stereocenters. The standard InChI is InChI=1S/C22H19N3/c1-15-13-25-14-19(9-10-21(25)24-15)20-6-3-11-23-22(20)18-5-2-4-17(12-18)16-7-8-16/h2-6,9-14,16H,7-8H2,1H3. The zero-order valence-electron chi connectivity index (χ0n) is 14.2. The number of fused-ring (bicyclic) bond motifs is 1. The lowest BCUT2D eigenvalue weighted by atomic mass is 9.98. The molecule has 3 heterocycles. The lowest BCUT2D eigenvalue weighted by Crippen LogP contribution is -1.92. The number of nitrogens with zero attached hydrogens (tertiary/aromatic N) is 3. The first-order valence-electron chi connectivity index (χ1n) is 8.79. The van der Waals surface area contributed by atoms with Gasteiger partial charge in [0.15, 0.2) is 0 Å². The molecule has 1 aromatic carbocycles. The summed E-state index contributed by atoms with van der Waals surface area (Å²) >= 11 is 0. The van der Waals surface area contributed by atoms with Crippen molar-refractivity contribution in [1.82, 2.24) is 14.4 Å². The minimum atomic E-state index is 0.748. The molecule has 25 heavy (non-hydrogen) atoms. The monoisotopic (exact) mass is 325 g/mol. The predicted molar refractivity (Wildman–Crippen MR) is 101 cm³/mol. The third kappa shape index (κ3) is 2.62. The number of pyridine rings is 2. The summed E-state index contributed by atoms with van der Waals surface area (Å²) in [6.07, 6.45) is 8.70. The Morgan fingerprint density at radius 1 is 0.960 bits per heavy atom. The number of hydrogen-bond acceptors (Lipinski definition) is 2. The Morgan fingerprint density at radius 3 is 2.76 bits per heavy atom. The largest absolute Gasteiger partial charge is 0.306 e. The van der Waals surface area contributed by atoms with E-state index >= 15 is 0 Å². The van der Waals surface area contributed by atoms with Gasteiger partial charge in [0.05, 0.1) is 11.4 Å². The molecule has 1 saturated carbocycles. The van der Waals surface area contributed by atoms with Gasteiger partial charge in [0.25, 0.3) is 0 Å². The van der Waals surface area contributed by atoms with Gasteiger partial charge in [0.1, 0.15) is 5.65 Å². The Morgan fingerprint density at radius 2 is 1.88 bits per heavy atom. The molecule has 4 aromatic rings. The van der Waals surface area contributed by atoms with Crippen molar-refractivity contribution in [3.05, 3.63) is 78.4 Å². The van der Waals surface area contributed by atoms with E-state index in [0.717, 1.165) is 34.1 Å². The molecule has 0 bridgehead atoms. The Labute approximate surface area is 147 Å². The molecular formula is C22H19N3. The number of hydrogen-bond donors (Lipinski definition) is 0. The van der Waals surface area contributed by atoms with Crippen LogP contribution in [0.3, 0.4) is 0 Å².